The van der Waals surface area contributed by atoms with Crippen molar-refractivity contribution in [3.63, 3.8) is 0 Å². The van der Waals surface area contributed by atoms with Gasteiger partial charge in [-0.25, -0.2) is 0 Å². The number of nitrogens with one attached hydrogen (secondary N) is 2. The molecule has 0 bridgehead atoms. The van der Waals surface area contributed by atoms with Crippen LogP contribution in [0.25, 0.3) is 0 Å². The quantitative estimate of drug-likeness (QED) is 0.776. The van der Waals surface area contributed by atoms with Crippen LogP contribution in [0.15, 0.2) is 48.5 Å². The molecule has 0 radical (unpaired) electrons. The highest BCUT2D eigenvalue weighted by atomic mass is 32.1. The highest BCUT2D eigenvalue weighted by Gasteiger charge is 2.10. The van der Waals surface area contributed by atoms with E-state index in [0.29, 0.717) is 5.11 Å². The van der Waals surface area contributed by atoms with E-state index in [9.17, 15) is 0 Å². The predicted octanol–water partition coefficient (Wildman–Crippen LogP) is 4.47. The van der Waals surface area contributed by atoms with Gasteiger partial charge in [-0.15, -0.1) is 0 Å². The van der Waals surface area contributed by atoms with Crippen LogP contribution < -0.4 is 10.6 Å². The Labute approximate surface area is 156 Å². The average Bonchev–Trinajstić information content (AvgIpc) is 2.63. The van der Waals surface area contributed by atoms with Crippen molar-refractivity contribution in [3.05, 3.63) is 65.2 Å². The second-order valence-corrected chi connectivity index (χ2v) is 7.24. The van der Waals surface area contributed by atoms with E-state index >= 15 is 0 Å². The average molecular weight is 354 g/mol. The fourth-order valence-electron chi connectivity index (χ4n) is 3.21. The summed E-state index contributed by atoms with van der Waals surface area (Å²) in [4.78, 5) is 2.56. The second-order valence-electron chi connectivity index (χ2n) is 6.83. The van der Waals surface area contributed by atoms with Crippen molar-refractivity contribution in [1.82, 2.24) is 10.2 Å². The van der Waals surface area contributed by atoms with Crippen molar-refractivity contribution in [3.8, 4) is 0 Å². The minimum atomic E-state index is 0.658. The van der Waals surface area contributed by atoms with Crippen LogP contribution in [0.4, 0.5) is 5.69 Å². The van der Waals surface area contributed by atoms with Crippen LogP contribution in [-0.4, -0.2) is 23.1 Å². The Balaban J connectivity index is 1.49. The molecule has 4 heteroatoms. The summed E-state index contributed by atoms with van der Waals surface area (Å²) in [6, 6.07) is 17.1. The maximum absolute atomic E-state index is 5.40. The van der Waals surface area contributed by atoms with Crippen LogP contribution in [-0.2, 0) is 13.1 Å². The SMILES string of the molecule is Cc1ccc(NC(=S)NCc2cccc(CN3CCCCC3)c2)cc1. The number of piperidine rings is 1. The molecular formula is C21H27N3S. The molecule has 1 fully saturated rings. The normalized spacial score (nSPS) is 14.9. The molecule has 0 spiro atoms. The van der Waals surface area contributed by atoms with Gasteiger partial charge in [-0.3, -0.25) is 4.90 Å². The lowest BCUT2D eigenvalue weighted by Crippen LogP contribution is -2.29. The topological polar surface area (TPSA) is 27.3 Å². The molecule has 3 nitrogen and oxygen atoms in total. The van der Waals surface area contributed by atoms with Crippen LogP contribution in [0.1, 0.15) is 36.0 Å². The summed E-state index contributed by atoms with van der Waals surface area (Å²) in [6.45, 7) is 6.34. The third-order valence-electron chi connectivity index (χ3n) is 4.61. The summed E-state index contributed by atoms with van der Waals surface area (Å²) in [5.74, 6) is 0. The van der Waals surface area contributed by atoms with Gasteiger partial charge in [0.15, 0.2) is 5.11 Å². The highest BCUT2D eigenvalue weighted by molar-refractivity contribution is 7.80. The molecule has 0 aliphatic carbocycles. The van der Waals surface area contributed by atoms with Crippen LogP contribution in [0.3, 0.4) is 0 Å². The highest BCUT2D eigenvalue weighted by Crippen LogP contribution is 2.14. The van der Waals surface area contributed by atoms with Crippen LogP contribution in [0.2, 0.25) is 0 Å². The number of nitrogens with zero attached hydrogens (tertiary/aromatic N) is 1. The van der Waals surface area contributed by atoms with Gasteiger partial charge in [0.25, 0.3) is 0 Å². The van der Waals surface area contributed by atoms with E-state index in [2.05, 4.69) is 58.9 Å². The Morgan fingerprint density at radius 3 is 2.48 bits per heavy atom. The van der Waals surface area contributed by atoms with E-state index in [1.807, 2.05) is 12.1 Å². The summed E-state index contributed by atoms with van der Waals surface area (Å²) < 4.78 is 0. The number of anilines is 1. The van der Waals surface area contributed by atoms with Gasteiger partial charge in [0.1, 0.15) is 0 Å². The summed E-state index contributed by atoms with van der Waals surface area (Å²) in [7, 11) is 0. The minimum Gasteiger partial charge on any atom is -0.358 e. The van der Waals surface area contributed by atoms with Crippen molar-refractivity contribution in [1.29, 1.82) is 0 Å². The fourth-order valence-corrected chi connectivity index (χ4v) is 3.40. The zero-order valence-electron chi connectivity index (χ0n) is 14.9. The van der Waals surface area contributed by atoms with Crippen LogP contribution in [0, 0.1) is 6.92 Å². The molecule has 0 unspecified atom stereocenters. The van der Waals surface area contributed by atoms with Gasteiger partial charge < -0.3 is 10.6 Å². The lowest BCUT2D eigenvalue weighted by molar-refractivity contribution is 0.221. The smallest absolute Gasteiger partial charge is 0.171 e. The first-order chi connectivity index (χ1) is 12.2. The Bertz CT molecular complexity index is 691. The Hall–Kier alpha value is -1.91. The van der Waals surface area contributed by atoms with Gasteiger partial charge in [-0.2, -0.15) is 0 Å². The minimum absolute atomic E-state index is 0.658. The summed E-state index contributed by atoms with van der Waals surface area (Å²) >= 11 is 5.40. The summed E-state index contributed by atoms with van der Waals surface area (Å²) in [5, 5.41) is 7.19. The first-order valence-corrected chi connectivity index (χ1v) is 9.51. The fraction of sp³-hybridized carbons (Fsp3) is 0.381. The van der Waals surface area contributed by atoms with Gasteiger partial charge in [0.2, 0.25) is 0 Å². The number of thiocarbonyl (C=S) groups is 1. The molecule has 1 aliphatic rings. The van der Waals surface area contributed by atoms with Crippen molar-refractivity contribution >= 4 is 23.0 Å². The lowest BCUT2D eigenvalue weighted by atomic mass is 10.1. The molecule has 0 saturated carbocycles. The Kier molecular flexibility index (Phi) is 6.42. The predicted molar refractivity (Wildman–Crippen MR) is 110 cm³/mol. The number of aryl methyl sites for hydroxylation is 1. The molecule has 1 saturated heterocycles. The van der Waals surface area contributed by atoms with E-state index in [1.54, 1.807) is 0 Å². The maximum atomic E-state index is 5.40. The Morgan fingerprint density at radius 1 is 1.00 bits per heavy atom. The second kappa shape index (κ2) is 8.97. The molecule has 0 atom stereocenters. The Morgan fingerprint density at radius 2 is 1.72 bits per heavy atom. The standard InChI is InChI=1S/C21H27N3S/c1-17-8-10-20(11-9-17)23-21(25)22-15-18-6-5-7-19(14-18)16-24-12-3-2-4-13-24/h5-11,14H,2-4,12-13,15-16H2,1H3,(H2,22,23,25). The number of benzene rings is 2. The number of hydrogen-bond acceptors (Lipinski definition) is 2. The molecule has 2 aromatic carbocycles. The first-order valence-electron chi connectivity index (χ1n) is 9.11. The molecule has 25 heavy (non-hydrogen) atoms. The van der Waals surface area contributed by atoms with Crippen molar-refractivity contribution in [2.24, 2.45) is 0 Å². The van der Waals surface area contributed by atoms with Crippen molar-refractivity contribution in [2.75, 3.05) is 18.4 Å². The molecule has 0 aromatic heterocycles. The molecule has 2 aromatic rings. The molecule has 1 aliphatic heterocycles. The summed E-state index contributed by atoms with van der Waals surface area (Å²) in [5.41, 5.74) is 4.91. The molecule has 132 valence electrons. The first kappa shape index (κ1) is 17.9. The summed E-state index contributed by atoms with van der Waals surface area (Å²) in [6.07, 6.45) is 4.05. The van der Waals surface area contributed by atoms with E-state index in [4.69, 9.17) is 12.2 Å². The van der Waals surface area contributed by atoms with Gasteiger partial charge in [0, 0.05) is 18.8 Å². The zero-order valence-corrected chi connectivity index (χ0v) is 15.7. The van der Waals surface area contributed by atoms with Gasteiger partial charge in [-0.05, 0) is 68.3 Å². The lowest BCUT2D eigenvalue weighted by Gasteiger charge is -2.26. The zero-order chi connectivity index (χ0) is 17.5. The number of hydrogen-bond donors (Lipinski definition) is 2. The number of likely N-dealkylation sites (tertiary alicyclic amines) is 1. The molecule has 2 N–H and O–H groups in total. The molecule has 1 heterocycles. The molecular weight excluding hydrogens is 326 g/mol. The third-order valence-corrected chi connectivity index (χ3v) is 4.86. The van der Waals surface area contributed by atoms with Crippen LogP contribution >= 0.6 is 12.2 Å². The monoisotopic (exact) mass is 353 g/mol. The van der Waals surface area contributed by atoms with Gasteiger partial charge >= 0.3 is 0 Å². The van der Waals surface area contributed by atoms with E-state index < -0.39 is 0 Å². The van der Waals surface area contributed by atoms with Crippen molar-refractivity contribution < 1.29 is 0 Å². The maximum Gasteiger partial charge on any atom is 0.171 e. The van der Waals surface area contributed by atoms with Crippen LogP contribution in [0.5, 0.6) is 0 Å². The van der Waals surface area contributed by atoms with Gasteiger partial charge in [-0.1, -0.05) is 48.4 Å². The molecule has 3 rings (SSSR count). The van der Waals surface area contributed by atoms with Gasteiger partial charge in [0.05, 0.1) is 0 Å². The third kappa shape index (κ3) is 5.83. The number of rotatable bonds is 5. The largest absolute Gasteiger partial charge is 0.358 e. The van der Waals surface area contributed by atoms with Crippen molar-refractivity contribution in [2.45, 2.75) is 39.3 Å². The van der Waals surface area contributed by atoms with E-state index in [1.165, 1.54) is 49.0 Å². The van der Waals surface area contributed by atoms with E-state index in [0.717, 1.165) is 18.8 Å². The molecule has 0 amide bonds. The van der Waals surface area contributed by atoms with E-state index in [-0.39, 0.29) is 0 Å².